The molecule has 28 nitrogen and oxygen atoms in total. The van der Waals surface area contributed by atoms with E-state index >= 15 is 0 Å². The summed E-state index contributed by atoms with van der Waals surface area (Å²) < 4.78 is 0. The summed E-state index contributed by atoms with van der Waals surface area (Å²) in [5.74, 6) is -7.60. The molecule has 17 N–H and O–H groups in total. The minimum atomic E-state index is -0.772. The summed E-state index contributed by atoms with van der Waals surface area (Å²) in [6.07, 6.45) is 1.36. The molecule has 7 aromatic rings. The van der Waals surface area contributed by atoms with Gasteiger partial charge in [0, 0.05) is 147 Å². The van der Waals surface area contributed by atoms with E-state index < -0.39 is 137 Å². The first-order chi connectivity index (χ1) is 58.1. The van der Waals surface area contributed by atoms with Crippen LogP contribution in [0.25, 0.3) is 0 Å². The lowest BCUT2D eigenvalue weighted by Gasteiger charge is -2.27. The predicted molar refractivity (Wildman–Crippen MR) is 455 cm³/mol. The van der Waals surface area contributed by atoms with Gasteiger partial charge in [0.25, 0.3) is 0 Å². The highest BCUT2D eigenvalue weighted by molar-refractivity contribution is 5.88. The summed E-state index contributed by atoms with van der Waals surface area (Å²) in [4.78, 5) is 167. The van der Waals surface area contributed by atoms with Crippen LogP contribution in [-0.4, -0.2) is 190 Å². The molecular formula is C92H114N16O12. The van der Waals surface area contributed by atoms with E-state index in [9.17, 15) is 57.5 Å². The van der Waals surface area contributed by atoms with Gasteiger partial charge >= 0.3 is 0 Å². The van der Waals surface area contributed by atoms with Crippen LogP contribution >= 0.6 is 0 Å². The molecule has 28 heteroatoms. The van der Waals surface area contributed by atoms with Crippen LogP contribution in [0, 0.1) is 23.7 Å². The number of amides is 12. The molecule has 15 atom stereocenters. The van der Waals surface area contributed by atoms with Gasteiger partial charge < -0.3 is 85.5 Å². The molecule has 4 fully saturated rings. The van der Waals surface area contributed by atoms with Gasteiger partial charge in [-0.05, 0) is 83.9 Å². The number of hydrogen-bond acceptors (Lipinski definition) is 16. The molecule has 0 unspecified atom stereocenters. The summed E-state index contributed by atoms with van der Waals surface area (Å²) >= 11 is 0. The van der Waals surface area contributed by atoms with Crippen LogP contribution in [0.5, 0.6) is 0 Å². The van der Waals surface area contributed by atoms with Crippen molar-refractivity contribution in [1.82, 2.24) is 79.8 Å². The van der Waals surface area contributed by atoms with Crippen LogP contribution in [0.15, 0.2) is 212 Å². The Morgan fingerprint density at radius 2 is 0.442 bits per heavy atom. The number of primary amides is 1. The lowest BCUT2D eigenvalue weighted by Crippen LogP contribution is -2.52. The average molecular weight is 1640 g/mol. The van der Waals surface area contributed by atoms with Crippen molar-refractivity contribution in [2.75, 3.05) is 52.4 Å². The Morgan fingerprint density at radius 3 is 0.642 bits per heavy atom. The molecule has 4 heterocycles. The zero-order chi connectivity index (χ0) is 84.5. The van der Waals surface area contributed by atoms with Gasteiger partial charge in [-0.15, -0.1) is 0 Å². The zero-order valence-corrected chi connectivity index (χ0v) is 67.9. The van der Waals surface area contributed by atoms with Crippen molar-refractivity contribution in [1.29, 1.82) is 0 Å². The quantitative estimate of drug-likeness (QED) is 0.0260. The van der Waals surface area contributed by atoms with Crippen molar-refractivity contribution in [3.8, 4) is 0 Å². The minimum absolute atomic E-state index is 0.00703. The topological polar surface area (TPSA) is 411 Å². The summed E-state index contributed by atoms with van der Waals surface area (Å²) in [7, 11) is 0. The average Bonchev–Trinajstić information content (AvgIpc) is 1.67. The maximum atomic E-state index is 14.7. The first-order valence-electron chi connectivity index (χ1n) is 41.8. The lowest BCUT2D eigenvalue weighted by atomic mass is 9.97. The Hall–Kier alpha value is -12.0. The third-order valence-electron chi connectivity index (χ3n) is 22.4. The molecule has 0 aliphatic carbocycles. The normalized spacial score (nSPS) is 20.3. The summed E-state index contributed by atoms with van der Waals surface area (Å²) in [5.41, 5.74) is 11.8. The van der Waals surface area contributed by atoms with Crippen molar-refractivity contribution in [2.45, 2.75) is 163 Å². The fourth-order valence-electron chi connectivity index (χ4n) is 16.7. The van der Waals surface area contributed by atoms with Gasteiger partial charge in [0.2, 0.25) is 70.9 Å². The second kappa shape index (κ2) is 45.8. The smallest absolute Gasteiger partial charge is 0.226 e. The van der Waals surface area contributed by atoms with Gasteiger partial charge in [0.15, 0.2) is 0 Å². The molecule has 120 heavy (non-hydrogen) atoms. The predicted octanol–water partition coefficient (Wildman–Crippen LogP) is 2.13. The molecule has 0 aromatic heterocycles. The van der Waals surface area contributed by atoms with E-state index in [0.717, 1.165) is 38.9 Å². The van der Waals surface area contributed by atoms with Crippen molar-refractivity contribution in [3.63, 3.8) is 0 Å². The highest BCUT2D eigenvalue weighted by atomic mass is 16.2. The van der Waals surface area contributed by atoms with Crippen molar-refractivity contribution < 1.29 is 57.5 Å². The highest BCUT2D eigenvalue weighted by Crippen LogP contribution is 2.22. The van der Waals surface area contributed by atoms with Gasteiger partial charge in [0.1, 0.15) is 0 Å². The van der Waals surface area contributed by atoms with Crippen LogP contribution in [0.3, 0.4) is 0 Å². The molecule has 0 radical (unpaired) electrons. The number of nitrogens with one attached hydrogen (secondary N) is 15. The van der Waals surface area contributed by atoms with E-state index in [4.69, 9.17) is 5.73 Å². The number of rotatable bonds is 43. The first kappa shape index (κ1) is 88.8. The molecule has 11 rings (SSSR count). The van der Waals surface area contributed by atoms with Crippen LogP contribution in [0.1, 0.15) is 90.8 Å². The summed E-state index contributed by atoms with van der Waals surface area (Å²) in [5, 5.41) is 46.7. The van der Waals surface area contributed by atoms with Gasteiger partial charge in [-0.25, -0.2) is 0 Å². The number of benzene rings is 7. The third kappa shape index (κ3) is 29.2. The highest BCUT2D eigenvalue weighted by Gasteiger charge is 2.41. The van der Waals surface area contributed by atoms with Gasteiger partial charge in [-0.2, -0.15) is 0 Å². The van der Waals surface area contributed by atoms with Crippen molar-refractivity contribution >= 4 is 70.9 Å². The molecule has 0 bridgehead atoms. The molecule has 634 valence electrons. The van der Waals surface area contributed by atoms with Gasteiger partial charge in [-0.1, -0.05) is 212 Å². The molecule has 12 amide bonds. The monoisotopic (exact) mass is 1630 g/mol. The first-order valence-corrected chi connectivity index (χ1v) is 41.8. The molecule has 4 aliphatic rings. The van der Waals surface area contributed by atoms with E-state index in [2.05, 4.69) is 79.8 Å². The second-order valence-electron chi connectivity index (χ2n) is 32.2. The number of carbonyl (C=O) groups is 12. The lowest BCUT2D eigenvalue weighted by molar-refractivity contribution is -0.130. The molecule has 7 aromatic carbocycles. The Kier molecular flexibility index (Phi) is 33.9. The standard InChI is InChI=1S/C92H114N16O12/c1-59(109)98-68(38-61-25-11-3-12-26-61)45-85(113)105-79-56-95-52-75(79)90(118)102-71(41-64-31-17-6-18-32-64)48-83(111)100-70(40-63-29-15-5-16-30-63)47-87(115)107-80-57-96-53-76(80)92(120)104-73(43-66-35-21-8-22-36-66)50-88(116)108-81-58-97-54-77(81)91(119)103-72(42-65-33-19-7-20-34-65)49-84(112)99-69(39-62-27-13-4-14-28-62)46-86(114)106-78-55-94-51-74(78)89(117)101-67(44-82(93)110)37-60-23-9-2-10-24-60/h2-36,67-81,94-97H,37-58H2,1H3,(H2,93,110)(H,98,109)(H,99,112)(H,100,111)(H,101,117)(H,102,118)(H,103,119)(H,104,120)(H,105,113)(H,106,114)(H,107,115)(H,108,116)/t67-,68-,69-,70-,71-,72-,73-,74-,75-,76-,77-,78-,79-,80-,81-/m0/s1. The maximum absolute atomic E-state index is 14.7. The van der Waals surface area contributed by atoms with E-state index in [1.54, 1.807) is 0 Å². The van der Waals surface area contributed by atoms with E-state index in [1.165, 1.54) is 6.92 Å². The van der Waals surface area contributed by atoms with Crippen LogP contribution in [0.4, 0.5) is 0 Å². The zero-order valence-electron chi connectivity index (χ0n) is 67.9. The molecule has 0 spiro atoms. The Bertz CT molecular complexity index is 4530. The van der Waals surface area contributed by atoms with Crippen molar-refractivity contribution in [3.05, 3.63) is 251 Å². The fraction of sp³-hybridized carbons (Fsp3) is 0.413. The summed E-state index contributed by atoms with van der Waals surface area (Å²) in [6, 6.07) is 58.9. The minimum Gasteiger partial charge on any atom is -0.370 e. The fourth-order valence-corrected chi connectivity index (χ4v) is 16.7. The number of carbonyl (C=O) groups excluding carboxylic acids is 12. The van der Waals surface area contributed by atoms with Crippen LogP contribution in [0.2, 0.25) is 0 Å². The molecular weight excluding hydrogens is 1520 g/mol. The number of hydrogen-bond donors (Lipinski definition) is 16. The second-order valence-corrected chi connectivity index (χ2v) is 32.2. The van der Waals surface area contributed by atoms with Crippen LogP contribution in [-0.2, 0) is 102 Å². The maximum Gasteiger partial charge on any atom is 0.226 e. The van der Waals surface area contributed by atoms with Crippen LogP contribution < -0.4 is 85.5 Å². The Balaban J connectivity index is 0.694. The SMILES string of the molecule is CC(=O)N[C@H](CC(=O)N[C@H]1CNC[C@@H]1C(=O)N[C@H](CC(=O)N[C@H](CC(=O)N[C@H]1CNC[C@@H]1C(=O)N[C@H](CC(=O)N[C@H]1CNC[C@@H]1C(=O)N[C@H](CC(=O)N[C@H](CC(=O)N[C@H]1CNC[C@@H]1C(=O)N[C@H](CC(N)=O)Cc1ccccc1)Cc1ccccc1)Cc1ccccc1)Cc1ccccc1)Cc1ccccc1)Cc1ccccc1)Cc1ccccc1. The van der Waals surface area contributed by atoms with Gasteiger partial charge in [-0.3, -0.25) is 57.5 Å². The van der Waals surface area contributed by atoms with E-state index in [0.29, 0.717) is 38.8 Å². The molecule has 4 saturated heterocycles. The van der Waals surface area contributed by atoms with E-state index in [1.807, 2.05) is 212 Å². The third-order valence-corrected chi connectivity index (χ3v) is 22.4. The Morgan fingerprint density at radius 1 is 0.258 bits per heavy atom. The molecule has 4 aliphatic heterocycles. The van der Waals surface area contributed by atoms with Gasteiger partial charge in [0.05, 0.1) is 47.8 Å². The molecule has 0 saturated carbocycles. The largest absolute Gasteiger partial charge is 0.370 e. The number of nitrogens with two attached hydrogens (primary N) is 1. The van der Waals surface area contributed by atoms with E-state index in [-0.39, 0.29) is 127 Å². The van der Waals surface area contributed by atoms with Crippen molar-refractivity contribution in [2.24, 2.45) is 29.4 Å². The Labute approximate surface area is 701 Å². The summed E-state index contributed by atoms with van der Waals surface area (Å²) in [6.45, 7) is 3.53.